The summed E-state index contributed by atoms with van der Waals surface area (Å²) < 4.78 is 32.2. The summed E-state index contributed by atoms with van der Waals surface area (Å²) in [6.45, 7) is 2.64. The number of ether oxygens (including phenoxy) is 1. The number of hydrogen-bond acceptors (Lipinski definition) is 3. The van der Waals surface area contributed by atoms with E-state index in [2.05, 4.69) is 0 Å². The van der Waals surface area contributed by atoms with Gasteiger partial charge in [-0.3, -0.25) is 0 Å². The van der Waals surface area contributed by atoms with Crippen LogP contribution >= 0.6 is 0 Å². The Labute approximate surface area is 106 Å². The highest BCUT2D eigenvalue weighted by Gasteiger charge is 2.44. The number of unbranched alkanes of at least 4 members (excludes halogenated alkanes) is 1. The highest BCUT2D eigenvalue weighted by Crippen LogP contribution is 2.35. The van der Waals surface area contributed by atoms with Crippen LogP contribution in [0.1, 0.15) is 32.6 Å². The average Bonchev–Trinajstić information content (AvgIpc) is 2.32. The summed E-state index contributed by atoms with van der Waals surface area (Å²) in [5, 5.41) is 0. The van der Waals surface area contributed by atoms with Gasteiger partial charge in [0, 0.05) is 25.4 Å². The summed E-state index contributed by atoms with van der Waals surface area (Å²) >= 11 is 0. The molecule has 0 aromatic heterocycles. The van der Waals surface area contributed by atoms with Gasteiger partial charge in [-0.15, -0.1) is 0 Å². The second-order valence-electron chi connectivity index (χ2n) is 4.70. The molecule has 0 bridgehead atoms. The van der Waals surface area contributed by atoms with Crippen molar-refractivity contribution in [3.05, 3.63) is 0 Å². The lowest BCUT2D eigenvalue weighted by molar-refractivity contribution is -0.103. The molecule has 18 heavy (non-hydrogen) atoms. The maximum Gasteiger partial charge on any atom is 0.409 e. The lowest BCUT2D eigenvalue weighted by Crippen LogP contribution is -2.50. The van der Waals surface area contributed by atoms with E-state index in [1.54, 1.807) is 0 Å². The van der Waals surface area contributed by atoms with Gasteiger partial charge >= 0.3 is 6.09 Å². The molecule has 1 saturated heterocycles. The molecule has 2 N–H and O–H groups in total. The van der Waals surface area contributed by atoms with E-state index in [0.717, 1.165) is 12.8 Å². The maximum atomic E-state index is 13.6. The Hall–Kier alpha value is -0.910. The van der Waals surface area contributed by atoms with Crippen LogP contribution < -0.4 is 5.73 Å². The molecule has 1 aliphatic heterocycles. The second kappa shape index (κ2) is 6.87. The van der Waals surface area contributed by atoms with Crippen LogP contribution in [0, 0.1) is 5.92 Å². The maximum absolute atomic E-state index is 13.6. The molecule has 0 saturated carbocycles. The third-order valence-corrected chi connectivity index (χ3v) is 3.25. The first kappa shape index (κ1) is 15.1. The van der Waals surface area contributed by atoms with E-state index in [1.807, 2.05) is 6.92 Å². The van der Waals surface area contributed by atoms with Crippen LogP contribution in [0.25, 0.3) is 0 Å². The fourth-order valence-corrected chi connectivity index (χ4v) is 2.04. The van der Waals surface area contributed by atoms with Crippen molar-refractivity contribution in [2.75, 3.05) is 26.2 Å². The lowest BCUT2D eigenvalue weighted by atomic mass is 9.91. The number of likely N-dealkylation sites (tertiary alicyclic amines) is 1. The van der Waals surface area contributed by atoms with Gasteiger partial charge in [-0.25, -0.2) is 13.6 Å². The fourth-order valence-electron chi connectivity index (χ4n) is 2.04. The van der Waals surface area contributed by atoms with Gasteiger partial charge in [-0.1, -0.05) is 13.3 Å². The number of rotatable bonds is 5. The van der Waals surface area contributed by atoms with Gasteiger partial charge in [-0.05, 0) is 19.4 Å². The van der Waals surface area contributed by atoms with E-state index in [1.165, 1.54) is 4.90 Å². The highest BCUT2D eigenvalue weighted by molar-refractivity contribution is 5.67. The van der Waals surface area contributed by atoms with E-state index < -0.39 is 17.9 Å². The van der Waals surface area contributed by atoms with E-state index in [-0.39, 0.29) is 32.5 Å². The first-order valence-electron chi connectivity index (χ1n) is 6.51. The second-order valence-corrected chi connectivity index (χ2v) is 4.70. The first-order valence-corrected chi connectivity index (χ1v) is 6.51. The molecule has 1 fully saturated rings. The van der Waals surface area contributed by atoms with Gasteiger partial charge in [0.1, 0.15) is 0 Å². The molecule has 106 valence electrons. The molecule has 1 atom stereocenters. The van der Waals surface area contributed by atoms with Crippen molar-refractivity contribution in [3.8, 4) is 0 Å². The summed E-state index contributed by atoms with van der Waals surface area (Å²) in [5.74, 6) is -3.57. The molecular formula is C12H22F2N2O2. The van der Waals surface area contributed by atoms with Crippen molar-refractivity contribution in [2.45, 2.75) is 38.5 Å². The van der Waals surface area contributed by atoms with Gasteiger partial charge < -0.3 is 15.4 Å². The van der Waals surface area contributed by atoms with Crippen molar-refractivity contribution in [3.63, 3.8) is 0 Å². The van der Waals surface area contributed by atoms with E-state index >= 15 is 0 Å². The molecule has 0 aliphatic carbocycles. The molecule has 1 unspecified atom stereocenters. The van der Waals surface area contributed by atoms with E-state index in [4.69, 9.17) is 10.5 Å². The van der Waals surface area contributed by atoms with Gasteiger partial charge in [0.05, 0.1) is 6.61 Å². The monoisotopic (exact) mass is 264 g/mol. The predicted molar refractivity (Wildman–Crippen MR) is 64.6 cm³/mol. The quantitative estimate of drug-likeness (QED) is 0.775. The highest BCUT2D eigenvalue weighted by atomic mass is 19.3. The molecule has 1 aliphatic rings. The van der Waals surface area contributed by atoms with E-state index in [9.17, 15) is 13.6 Å². The summed E-state index contributed by atoms with van der Waals surface area (Å²) in [5.41, 5.74) is 5.33. The molecular weight excluding hydrogens is 242 g/mol. The van der Waals surface area contributed by atoms with Crippen molar-refractivity contribution >= 4 is 6.09 Å². The molecule has 4 nitrogen and oxygen atoms in total. The number of alkyl halides is 2. The Bertz CT molecular complexity index is 275. The van der Waals surface area contributed by atoms with Crippen LogP contribution in [-0.2, 0) is 4.74 Å². The summed E-state index contributed by atoms with van der Waals surface area (Å²) in [6, 6.07) is 0. The topological polar surface area (TPSA) is 55.6 Å². The van der Waals surface area contributed by atoms with Crippen molar-refractivity contribution in [1.82, 2.24) is 4.90 Å². The van der Waals surface area contributed by atoms with Crippen LogP contribution in [0.15, 0.2) is 0 Å². The Morgan fingerprint density at radius 1 is 1.56 bits per heavy atom. The summed E-state index contributed by atoms with van der Waals surface area (Å²) in [6.07, 6.45) is 1.16. The Morgan fingerprint density at radius 2 is 2.28 bits per heavy atom. The number of carbonyl (C=O) groups is 1. The number of halogens is 2. The lowest BCUT2D eigenvalue weighted by Gasteiger charge is -2.37. The molecule has 6 heteroatoms. The van der Waals surface area contributed by atoms with Gasteiger partial charge in [0.25, 0.3) is 5.92 Å². The predicted octanol–water partition coefficient (Wildman–Crippen LogP) is 2.23. The zero-order chi connectivity index (χ0) is 13.6. The summed E-state index contributed by atoms with van der Waals surface area (Å²) in [7, 11) is 0. The molecule has 1 heterocycles. The van der Waals surface area contributed by atoms with Crippen molar-refractivity contribution in [2.24, 2.45) is 11.7 Å². The molecule has 1 amide bonds. The first-order chi connectivity index (χ1) is 8.51. The van der Waals surface area contributed by atoms with Gasteiger partial charge in [0.2, 0.25) is 0 Å². The number of amides is 1. The van der Waals surface area contributed by atoms with Gasteiger partial charge in [-0.2, -0.15) is 0 Å². The number of nitrogens with zero attached hydrogens (tertiary/aromatic N) is 1. The standard InChI is InChI=1S/C12H22F2N2O2/c1-2-3-8-18-11(17)16-7-5-12(13,14)10(9-16)4-6-15/h10H,2-9,15H2,1H3. The summed E-state index contributed by atoms with van der Waals surface area (Å²) in [4.78, 5) is 13.0. The number of nitrogens with two attached hydrogens (primary N) is 1. The van der Waals surface area contributed by atoms with Crippen LogP contribution in [0.5, 0.6) is 0 Å². The number of carbonyl (C=O) groups excluding carboxylic acids is 1. The van der Waals surface area contributed by atoms with Crippen LogP contribution in [-0.4, -0.2) is 43.2 Å². The van der Waals surface area contributed by atoms with Crippen LogP contribution in [0.4, 0.5) is 13.6 Å². The normalized spacial score (nSPS) is 22.9. The van der Waals surface area contributed by atoms with Crippen molar-refractivity contribution in [1.29, 1.82) is 0 Å². The largest absolute Gasteiger partial charge is 0.449 e. The Balaban J connectivity index is 2.46. The number of hydrogen-bond donors (Lipinski definition) is 1. The van der Waals surface area contributed by atoms with Gasteiger partial charge in [0.15, 0.2) is 0 Å². The molecule has 0 spiro atoms. The minimum absolute atomic E-state index is 0.0369. The fraction of sp³-hybridized carbons (Fsp3) is 0.917. The average molecular weight is 264 g/mol. The zero-order valence-electron chi connectivity index (χ0n) is 10.8. The third kappa shape index (κ3) is 4.08. The van der Waals surface area contributed by atoms with Crippen LogP contribution in [0.2, 0.25) is 0 Å². The third-order valence-electron chi connectivity index (χ3n) is 3.25. The van der Waals surface area contributed by atoms with Crippen molar-refractivity contribution < 1.29 is 18.3 Å². The number of piperidine rings is 1. The SMILES string of the molecule is CCCCOC(=O)N1CCC(F)(F)C(CCN)C1. The molecule has 1 rings (SSSR count). The molecule has 0 aromatic rings. The smallest absolute Gasteiger partial charge is 0.409 e. The molecule has 0 aromatic carbocycles. The zero-order valence-corrected chi connectivity index (χ0v) is 10.8. The minimum atomic E-state index is -2.72. The minimum Gasteiger partial charge on any atom is -0.449 e. The van der Waals surface area contributed by atoms with Crippen LogP contribution in [0.3, 0.4) is 0 Å². The Kier molecular flexibility index (Phi) is 5.78. The molecule has 0 radical (unpaired) electrons. The Morgan fingerprint density at radius 3 is 2.89 bits per heavy atom. The van der Waals surface area contributed by atoms with E-state index in [0.29, 0.717) is 6.61 Å².